The van der Waals surface area contributed by atoms with E-state index in [0.29, 0.717) is 24.1 Å². The quantitative estimate of drug-likeness (QED) is 0.538. The van der Waals surface area contributed by atoms with Crippen molar-refractivity contribution in [3.63, 3.8) is 0 Å². The van der Waals surface area contributed by atoms with Gasteiger partial charge in [0, 0.05) is 24.3 Å². The van der Waals surface area contributed by atoms with Crippen LogP contribution in [0.15, 0.2) is 53.7 Å². The molecule has 0 radical (unpaired) electrons. The Morgan fingerprint density at radius 2 is 1.85 bits per heavy atom. The fourth-order valence-corrected chi connectivity index (χ4v) is 4.73. The number of nitrogens with zero attached hydrogens (tertiary/aromatic N) is 4. The number of aromatic nitrogens is 3. The van der Waals surface area contributed by atoms with Crippen molar-refractivity contribution in [1.82, 2.24) is 19.7 Å². The van der Waals surface area contributed by atoms with Crippen molar-refractivity contribution >= 4 is 23.6 Å². The number of methoxy groups -OCH3 is 1. The van der Waals surface area contributed by atoms with Gasteiger partial charge >= 0.3 is 0 Å². The van der Waals surface area contributed by atoms with Gasteiger partial charge in [0.25, 0.3) is 0 Å². The van der Waals surface area contributed by atoms with Crippen molar-refractivity contribution in [3.8, 4) is 22.8 Å². The number of primary amides is 1. The van der Waals surface area contributed by atoms with Crippen molar-refractivity contribution in [3.05, 3.63) is 54.1 Å². The second kappa shape index (κ2) is 10.1. The van der Waals surface area contributed by atoms with Crippen molar-refractivity contribution < 1.29 is 14.3 Å². The zero-order valence-corrected chi connectivity index (χ0v) is 19.5. The molecule has 0 bridgehead atoms. The molecular formula is C24H27N5O3S. The molecule has 2 N–H and O–H groups in total. The number of nitrogens with two attached hydrogens (primary N) is 1. The summed E-state index contributed by atoms with van der Waals surface area (Å²) >= 11 is 1.34. The topological polar surface area (TPSA) is 103 Å². The summed E-state index contributed by atoms with van der Waals surface area (Å²) in [4.78, 5) is 26.1. The Kier molecular flexibility index (Phi) is 6.98. The van der Waals surface area contributed by atoms with E-state index in [0.717, 1.165) is 35.4 Å². The Morgan fingerprint density at radius 3 is 2.52 bits per heavy atom. The average molecular weight is 466 g/mol. The first-order chi connectivity index (χ1) is 16.0. The molecule has 1 fully saturated rings. The fourth-order valence-electron chi connectivity index (χ4n) is 3.87. The molecule has 2 amide bonds. The molecular weight excluding hydrogens is 438 g/mol. The third-order valence-corrected chi connectivity index (χ3v) is 6.69. The lowest BCUT2D eigenvalue weighted by Crippen LogP contribution is -2.44. The highest BCUT2D eigenvalue weighted by Gasteiger charge is 2.27. The Labute approximate surface area is 197 Å². The number of piperidine rings is 1. The highest BCUT2D eigenvalue weighted by Crippen LogP contribution is 2.29. The van der Waals surface area contributed by atoms with E-state index in [1.807, 2.05) is 60.0 Å². The number of aryl methyl sites for hydroxylation is 1. The van der Waals surface area contributed by atoms with E-state index in [-0.39, 0.29) is 23.5 Å². The van der Waals surface area contributed by atoms with Gasteiger partial charge in [-0.05, 0) is 56.2 Å². The number of carbonyl (C=O) groups excluding carboxylic acids is 2. The fraction of sp³-hybridized carbons (Fsp3) is 0.333. The summed E-state index contributed by atoms with van der Waals surface area (Å²) in [5.74, 6) is 1.00. The maximum atomic E-state index is 12.9. The van der Waals surface area contributed by atoms with Crippen LogP contribution in [0.4, 0.5) is 0 Å². The van der Waals surface area contributed by atoms with E-state index in [1.165, 1.54) is 11.8 Å². The lowest BCUT2D eigenvalue weighted by molar-refractivity contribution is -0.132. The Bertz CT molecular complexity index is 1130. The van der Waals surface area contributed by atoms with Gasteiger partial charge in [-0.3, -0.25) is 14.2 Å². The first kappa shape index (κ1) is 22.8. The Morgan fingerprint density at radius 1 is 1.12 bits per heavy atom. The van der Waals surface area contributed by atoms with E-state index in [9.17, 15) is 9.59 Å². The van der Waals surface area contributed by atoms with Crippen LogP contribution in [0.5, 0.6) is 5.75 Å². The molecule has 0 saturated carbocycles. The van der Waals surface area contributed by atoms with Crippen LogP contribution in [0.1, 0.15) is 18.4 Å². The molecule has 33 heavy (non-hydrogen) atoms. The summed E-state index contributed by atoms with van der Waals surface area (Å²) in [6.45, 7) is 3.06. The van der Waals surface area contributed by atoms with E-state index < -0.39 is 0 Å². The second-order valence-electron chi connectivity index (χ2n) is 8.08. The highest BCUT2D eigenvalue weighted by atomic mass is 32.2. The Hall–Kier alpha value is -3.33. The summed E-state index contributed by atoms with van der Waals surface area (Å²) in [6.07, 6.45) is 1.52. The van der Waals surface area contributed by atoms with Gasteiger partial charge in [-0.15, -0.1) is 10.2 Å². The molecule has 4 rings (SSSR count). The molecule has 0 aliphatic carbocycles. The summed E-state index contributed by atoms with van der Waals surface area (Å²) in [6, 6.07) is 15.7. The molecule has 1 unspecified atom stereocenters. The molecule has 3 aromatic rings. The summed E-state index contributed by atoms with van der Waals surface area (Å²) in [5, 5.41) is 9.45. The molecule has 1 aliphatic heterocycles. The lowest BCUT2D eigenvalue weighted by Gasteiger charge is -2.31. The van der Waals surface area contributed by atoms with Gasteiger partial charge in [0.05, 0.1) is 18.8 Å². The largest absolute Gasteiger partial charge is 0.497 e. The highest BCUT2D eigenvalue weighted by molar-refractivity contribution is 7.99. The van der Waals surface area contributed by atoms with Crippen LogP contribution in [0, 0.1) is 12.8 Å². The molecule has 1 saturated heterocycles. The van der Waals surface area contributed by atoms with E-state index in [4.69, 9.17) is 10.5 Å². The van der Waals surface area contributed by atoms with Crippen molar-refractivity contribution in [2.45, 2.75) is 24.9 Å². The van der Waals surface area contributed by atoms with E-state index in [1.54, 1.807) is 12.0 Å². The van der Waals surface area contributed by atoms with Gasteiger partial charge in [-0.1, -0.05) is 29.5 Å². The molecule has 9 heteroatoms. The van der Waals surface area contributed by atoms with Gasteiger partial charge in [-0.2, -0.15) is 0 Å². The number of amides is 2. The normalized spacial score (nSPS) is 15.9. The standard InChI is InChI=1S/C24H27N5O3S/c1-16-5-9-19(10-6-16)29-23(17-7-11-20(32-2)12-8-17)26-27-24(29)33-15-21(30)28-13-3-4-18(14-28)22(25)31/h5-12,18H,3-4,13-15H2,1-2H3,(H2,25,31). The number of thioether (sulfide) groups is 1. The second-order valence-corrected chi connectivity index (χ2v) is 9.02. The number of hydrogen-bond donors (Lipinski definition) is 1. The number of carbonyl (C=O) groups is 2. The first-order valence-electron chi connectivity index (χ1n) is 10.8. The monoisotopic (exact) mass is 465 g/mol. The number of benzene rings is 2. The predicted molar refractivity (Wildman–Crippen MR) is 127 cm³/mol. The van der Waals surface area contributed by atoms with Gasteiger partial charge < -0.3 is 15.4 Å². The predicted octanol–water partition coefficient (Wildman–Crippen LogP) is 3.07. The molecule has 0 spiro atoms. The SMILES string of the molecule is COc1ccc(-c2nnc(SCC(=O)N3CCCC(C(N)=O)C3)n2-c2ccc(C)cc2)cc1. The van der Waals surface area contributed by atoms with Crippen molar-refractivity contribution in [2.24, 2.45) is 11.7 Å². The van der Waals surface area contributed by atoms with Crippen LogP contribution >= 0.6 is 11.8 Å². The van der Waals surface area contributed by atoms with Crippen molar-refractivity contribution in [1.29, 1.82) is 0 Å². The van der Waals surface area contributed by atoms with Crippen molar-refractivity contribution in [2.75, 3.05) is 26.0 Å². The number of likely N-dealkylation sites (tertiary alicyclic amines) is 1. The van der Waals surface area contributed by atoms with Crippen LogP contribution < -0.4 is 10.5 Å². The maximum absolute atomic E-state index is 12.9. The average Bonchev–Trinajstić information content (AvgIpc) is 3.27. The van der Waals surface area contributed by atoms with E-state index in [2.05, 4.69) is 10.2 Å². The Balaban J connectivity index is 1.58. The molecule has 2 aromatic carbocycles. The third kappa shape index (κ3) is 5.19. The number of rotatable bonds is 7. The third-order valence-electron chi connectivity index (χ3n) is 5.77. The molecule has 172 valence electrons. The maximum Gasteiger partial charge on any atom is 0.233 e. The first-order valence-corrected chi connectivity index (χ1v) is 11.8. The molecule has 8 nitrogen and oxygen atoms in total. The zero-order chi connectivity index (χ0) is 23.4. The number of ether oxygens (including phenoxy) is 1. The van der Waals surface area contributed by atoms with Gasteiger partial charge in [0.15, 0.2) is 11.0 Å². The number of hydrogen-bond acceptors (Lipinski definition) is 6. The van der Waals surface area contributed by atoms with Gasteiger partial charge in [-0.25, -0.2) is 0 Å². The molecule has 1 aromatic heterocycles. The molecule has 2 heterocycles. The van der Waals surface area contributed by atoms with E-state index >= 15 is 0 Å². The summed E-state index contributed by atoms with van der Waals surface area (Å²) in [5.41, 5.74) is 8.41. The minimum absolute atomic E-state index is 0.0320. The van der Waals surface area contributed by atoms with Crippen LogP contribution in [0.2, 0.25) is 0 Å². The summed E-state index contributed by atoms with van der Waals surface area (Å²) in [7, 11) is 1.63. The smallest absolute Gasteiger partial charge is 0.233 e. The minimum atomic E-state index is -0.344. The minimum Gasteiger partial charge on any atom is -0.497 e. The summed E-state index contributed by atoms with van der Waals surface area (Å²) < 4.78 is 7.23. The van der Waals surface area contributed by atoms with Gasteiger partial charge in [0.1, 0.15) is 5.75 Å². The van der Waals surface area contributed by atoms with Crippen LogP contribution in [-0.2, 0) is 9.59 Å². The molecule has 1 aliphatic rings. The lowest BCUT2D eigenvalue weighted by atomic mass is 9.97. The van der Waals surface area contributed by atoms with Crippen LogP contribution in [-0.4, -0.2) is 57.4 Å². The van der Waals surface area contributed by atoms with Gasteiger partial charge in [0.2, 0.25) is 11.8 Å². The van der Waals surface area contributed by atoms with Crippen LogP contribution in [0.25, 0.3) is 17.1 Å². The molecule has 1 atom stereocenters. The zero-order valence-electron chi connectivity index (χ0n) is 18.7. The van der Waals surface area contributed by atoms with Crippen LogP contribution in [0.3, 0.4) is 0 Å².